The number of amides is 1. The number of alkyl halides is 3. The Labute approximate surface area is 228 Å². The molecule has 0 saturated carbocycles. The average molecular weight is 561 g/mol. The highest BCUT2D eigenvalue weighted by Crippen LogP contribution is 2.36. The van der Waals surface area contributed by atoms with E-state index in [2.05, 4.69) is 36.1 Å². The summed E-state index contributed by atoms with van der Waals surface area (Å²) in [6.07, 6.45) is -2.28. The molecule has 2 aromatic rings. The van der Waals surface area contributed by atoms with Gasteiger partial charge in [0.2, 0.25) is 10.2 Å². The molecule has 1 N–H and O–H groups in total. The number of carbonyl (C=O) groups is 1. The van der Waals surface area contributed by atoms with Gasteiger partial charge in [0.1, 0.15) is 19.0 Å². The maximum absolute atomic E-state index is 13.0. The molecule has 0 unspecified atom stereocenters. The zero-order valence-corrected chi connectivity index (χ0v) is 22.4. The topological polar surface area (TPSA) is 96.6 Å². The van der Waals surface area contributed by atoms with Gasteiger partial charge in [0.25, 0.3) is 5.91 Å². The van der Waals surface area contributed by atoms with E-state index >= 15 is 0 Å². The Morgan fingerprint density at radius 1 is 1.05 bits per heavy atom. The number of hydrogen-bond acceptors (Lipinski definition) is 7. The fourth-order valence-corrected chi connectivity index (χ4v) is 4.47. The van der Waals surface area contributed by atoms with Crippen molar-refractivity contribution >= 4 is 39.8 Å². The molecule has 2 aliphatic rings. The molecule has 2 aromatic carbocycles. The summed E-state index contributed by atoms with van der Waals surface area (Å²) >= 11 is 0.204. The van der Waals surface area contributed by atoms with Gasteiger partial charge in [0.05, 0.1) is 12.2 Å². The fourth-order valence-electron chi connectivity index (χ4n) is 3.71. The molecule has 2 heterocycles. The van der Waals surface area contributed by atoms with E-state index in [0.717, 1.165) is 12.2 Å². The van der Waals surface area contributed by atoms with E-state index in [1.165, 1.54) is 11.6 Å². The second-order valence-electron chi connectivity index (χ2n) is 8.64. The van der Waals surface area contributed by atoms with Crippen molar-refractivity contribution in [2.75, 3.05) is 19.8 Å². The summed E-state index contributed by atoms with van der Waals surface area (Å²) in [6, 6.07) is 12.9. The van der Waals surface area contributed by atoms with Crippen molar-refractivity contribution in [2.45, 2.75) is 39.3 Å². The van der Waals surface area contributed by atoms with Crippen LogP contribution in [0.15, 0.2) is 58.1 Å². The van der Waals surface area contributed by atoms with Crippen LogP contribution in [0.25, 0.3) is 6.08 Å². The standard InChI is InChI=1S/C27H27F3N4O4S/c1-4-16(3)18-7-9-19(10-8-18)37-12-13-38-21-11-6-17(15-22(21)36-5-2)14-20-23(31)34-26(32-24(20)35)39-25(33-34)27(28,29)30/h6-11,14-16,31H,4-5,12-13H2,1-3H3/b20-14-,31-23?/t16-/m0/s1. The number of aliphatic imine (C=N–C) groups is 1. The largest absolute Gasteiger partial charge is 0.490 e. The van der Waals surface area contributed by atoms with E-state index in [4.69, 9.17) is 19.6 Å². The Morgan fingerprint density at radius 3 is 2.44 bits per heavy atom. The van der Waals surface area contributed by atoms with E-state index in [-0.39, 0.29) is 29.1 Å². The first-order chi connectivity index (χ1) is 18.6. The monoisotopic (exact) mass is 560 g/mol. The third-order valence-electron chi connectivity index (χ3n) is 5.95. The zero-order chi connectivity index (χ0) is 28.2. The van der Waals surface area contributed by atoms with Gasteiger partial charge in [-0.15, -0.1) is 0 Å². The van der Waals surface area contributed by atoms with Gasteiger partial charge in [-0.2, -0.15) is 28.3 Å². The molecular formula is C27H27F3N4O4S. The predicted molar refractivity (Wildman–Crippen MR) is 145 cm³/mol. The molecule has 0 aliphatic carbocycles. The number of amidine groups is 2. The molecule has 1 amide bonds. The lowest BCUT2D eigenvalue weighted by molar-refractivity contribution is -0.114. The molecule has 0 bridgehead atoms. The molecule has 206 valence electrons. The van der Waals surface area contributed by atoms with E-state index in [1.54, 1.807) is 25.1 Å². The van der Waals surface area contributed by atoms with Crippen LogP contribution in [0.2, 0.25) is 0 Å². The van der Waals surface area contributed by atoms with Crippen LogP contribution in [0.5, 0.6) is 17.2 Å². The van der Waals surface area contributed by atoms with Crippen LogP contribution in [0.1, 0.15) is 44.2 Å². The molecule has 39 heavy (non-hydrogen) atoms. The van der Waals surface area contributed by atoms with Gasteiger partial charge in [0.15, 0.2) is 17.3 Å². The van der Waals surface area contributed by atoms with Crippen LogP contribution >= 0.6 is 11.8 Å². The maximum Gasteiger partial charge on any atom is 0.441 e. The number of hydrogen-bond donors (Lipinski definition) is 1. The Balaban J connectivity index is 1.43. The SMILES string of the molecule is CCOc1cc(/C=C2/C(=N)N3N=C(C(F)(F)F)SC3=NC2=O)ccc1OCCOc1ccc([C@@H](C)CC)cc1. The number of rotatable bonds is 10. The summed E-state index contributed by atoms with van der Waals surface area (Å²) in [5.41, 5.74) is 1.53. The van der Waals surface area contributed by atoms with Crippen molar-refractivity contribution in [1.29, 1.82) is 5.41 Å². The molecule has 0 radical (unpaired) electrons. The second kappa shape index (κ2) is 11.9. The summed E-state index contributed by atoms with van der Waals surface area (Å²) in [5, 5.41) is 10.9. The highest BCUT2D eigenvalue weighted by atomic mass is 32.2. The Bertz CT molecular complexity index is 1340. The fraction of sp³-hybridized carbons (Fsp3) is 0.333. The normalized spacial score (nSPS) is 17.1. The van der Waals surface area contributed by atoms with E-state index < -0.39 is 23.0 Å². The molecule has 8 nitrogen and oxygen atoms in total. The average Bonchev–Trinajstić information content (AvgIpc) is 3.35. The first-order valence-electron chi connectivity index (χ1n) is 12.3. The van der Waals surface area contributed by atoms with Gasteiger partial charge in [0, 0.05) is 0 Å². The summed E-state index contributed by atoms with van der Waals surface area (Å²) in [5.74, 6) is 0.758. The van der Waals surface area contributed by atoms with Crippen LogP contribution in [0, 0.1) is 5.41 Å². The van der Waals surface area contributed by atoms with Gasteiger partial charge in [-0.05, 0) is 72.5 Å². The van der Waals surface area contributed by atoms with Crippen molar-refractivity contribution in [1.82, 2.24) is 5.01 Å². The molecule has 1 atom stereocenters. The van der Waals surface area contributed by atoms with Crippen LogP contribution in [0.4, 0.5) is 13.2 Å². The Hall–Kier alpha value is -3.80. The molecule has 4 rings (SSSR count). The number of nitrogens with one attached hydrogen (secondary N) is 1. The number of fused-ring (bicyclic) bond motifs is 1. The highest BCUT2D eigenvalue weighted by Gasteiger charge is 2.46. The molecule has 0 aromatic heterocycles. The number of carbonyl (C=O) groups excluding carboxylic acids is 1. The van der Waals surface area contributed by atoms with Crippen molar-refractivity contribution in [3.8, 4) is 17.2 Å². The van der Waals surface area contributed by atoms with Gasteiger partial charge >= 0.3 is 6.18 Å². The van der Waals surface area contributed by atoms with Crippen LogP contribution < -0.4 is 14.2 Å². The van der Waals surface area contributed by atoms with Gasteiger partial charge < -0.3 is 14.2 Å². The maximum atomic E-state index is 13.0. The van der Waals surface area contributed by atoms with Crippen LogP contribution in [-0.4, -0.2) is 53.0 Å². The van der Waals surface area contributed by atoms with Gasteiger partial charge in [-0.1, -0.05) is 32.0 Å². The summed E-state index contributed by atoms with van der Waals surface area (Å²) in [7, 11) is 0. The first-order valence-corrected chi connectivity index (χ1v) is 13.1. The molecule has 0 fully saturated rings. The number of ether oxygens (including phenoxy) is 3. The third-order valence-corrected chi connectivity index (χ3v) is 6.90. The van der Waals surface area contributed by atoms with Crippen LogP contribution in [0.3, 0.4) is 0 Å². The minimum absolute atomic E-state index is 0.199. The lowest BCUT2D eigenvalue weighted by Gasteiger charge is -2.20. The van der Waals surface area contributed by atoms with E-state index in [0.29, 0.717) is 41.2 Å². The number of hydrazone groups is 1. The van der Waals surface area contributed by atoms with Crippen molar-refractivity contribution in [3.05, 3.63) is 59.2 Å². The molecule has 0 spiro atoms. The van der Waals surface area contributed by atoms with Gasteiger partial charge in [-0.3, -0.25) is 10.2 Å². The third kappa shape index (κ3) is 6.62. The van der Waals surface area contributed by atoms with Crippen molar-refractivity contribution in [2.24, 2.45) is 10.1 Å². The van der Waals surface area contributed by atoms with Crippen molar-refractivity contribution < 1.29 is 32.2 Å². The smallest absolute Gasteiger partial charge is 0.441 e. The minimum atomic E-state index is -4.71. The highest BCUT2D eigenvalue weighted by molar-refractivity contribution is 8.27. The van der Waals surface area contributed by atoms with E-state index in [1.807, 2.05) is 12.1 Å². The summed E-state index contributed by atoms with van der Waals surface area (Å²) in [6.45, 7) is 7.03. The molecule has 0 saturated heterocycles. The molecule has 2 aliphatic heterocycles. The Kier molecular flexibility index (Phi) is 8.63. The van der Waals surface area contributed by atoms with E-state index in [9.17, 15) is 18.0 Å². The lowest BCUT2D eigenvalue weighted by atomic mass is 9.99. The zero-order valence-electron chi connectivity index (χ0n) is 21.5. The molecular weight excluding hydrogens is 533 g/mol. The van der Waals surface area contributed by atoms with Gasteiger partial charge in [-0.25, -0.2) is 0 Å². The Morgan fingerprint density at radius 2 is 1.77 bits per heavy atom. The number of halogens is 3. The number of thioether (sulfide) groups is 1. The summed E-state index contributed by atoms with van der Waals surface area (Å²) in [4.78, 5) is 16.2. The number of benzene rings is 2. The van der Waals surface area contributed by atoms with Crippen molar-refractivity contribution in [3.63, 3.8) is 0 Å². The first kappa shape index (κ1) is 28.2. The number of nitrogens with zero attached hydrogens (tertiary/aromatic N) is 3. The predicted octanol–water partition coefficient (Wildman–Crippen LogP) is 6.24. The summed E-state index contributed by atoms with van der Waals surface area (Å²) < 4.78 is 56.4. The molecule has 12 heteroatoms. The van der Waals surface area contributed by atoms with Crippen LogP contribution in [-0.2, 0) is 4.79 Å². The lowest BCUT2D eigenvalue weighted by Crippen LogP contribution is -2.35. The minimum Gasteiger partial charge on any atom is -0.490 e. The quantitative estimate of drug-likeness (QED) is 0.273. The second-order valence-corrected chi connectivity index (χ2v) is 9.59.